The van der Waals surface area contributed by atoms with Gasteiger partial charge in [0.25, 0.3) is 0 Å². The van der Waals surface area contributed by atoms with E-state index in [1.807, 2.05) is 30.3 Å². The van der Waals surface area contributed by atoms with Crippen LogP contribution in [0.3, 0.4) is 0 Å². The van der Waals surface area contributed by atoms with Crippen molar-refractivity contribution in [2.24, 2.45) is 5.92 Å². The van der Waals surface area contributed by atoms with Crippen LogP contribution in [0.1, 0.15) is 42.5 Å². The van der Waals surface area contributed by atoms with Crippen LogP contribution in [0.15, 0.2) is 97.1 Å². The predicted molar refractivity (Wildman–Crippen MR) is 151 cm³/mol. The molecule has 9 heteroatoms. The lowest BCUT2D eigenvalue weighted by atomic mass is 9.86. The number of benzene rings is 4. The van der Waals surface area contributed by atoms with Crippen LogP contribution < -0.4 is 10.2 Å². The van der Waals surface area contributed by atoms with Gasteiger partial charge in [-0.05, 0) is 77.9 Å². The molecule has 7 nitrogen and oxygen atoms in total. The Morgan fingerprint density at radius 3 is 2.17 bits per heavy atom. The Kier molecular flexibility index (Phi) is 7.88. The van der Waals surface area contributed by atoms with Crippen LogP contribution >= 0.6 is 7.60 Å². The Morgan fingerprint density at radius 2 is 1.55 bits per heavy atom. The lowest BCUT2D eigenvalue weighted by molar-refractivity contribution is -0.117. The Hall–Kier alpha value is -3.81. The molecule has 3 atom stereocenters. The van der Waals surface area contributed by atoms with Crippen LogP contribution in [0.4, 0.5) is 10.1 Å². The zero-order chi connectivity index (χ0) is 28.4. The first-order chi connectivity index (χ1) is 19.1. The van der Waals surface area contributed by atoms with Crippen LogP contribution in [-0.2, 0) is 9.36 Å². The number of aliphatic hydroxyl groups is 1. The molecule has 1 heterocycles. The highest BCUT2D eigenvalue weighted by Gasteiger charge is 2.42. The third-order valence-electron chi connectivity index (χ3n) is 7.42. The summed E-state index contributed by atoms with van der Waals surface area (Å²) in [7, 11) is -4.37. The number of nitrogens with zero attached hydrogens (tertiary/aromatic N) is 1. The molecule has 4 aromatic rings. The van der Waals surface area contributed by atoms with Gasteiger partial charge < -0.3 is 24.9 Å². The molecule has 0 saturated carbocycles. The van der Waals surface area contributed by atoms with E-state index in [1.54, 1.807) is 47.4 Å². The summed E-state index contributed by atoms with van der Waals surface area (Å²) in [6.07, 6.45) is 0.256. The largest absolute Gasteiger partial charge is 0.508 e. The second-order valence-electron chi connectivity index (χ2n) is 10.0. The lowest BCUT2D eigenvalue weighted by Crippen LogP contribution is -2.29. The average molecular weight is 562 g/mol. The van der Waals surface area contributed by atoms with Gasteiger partial charge in [0, 0.05) is 17.7 Å². The molecular weight excluding hydrogens is 532 g/mol. The molecule has 206 valence electrons. The highest BCUT2D eigenvalue weighted by atomic mass is 31.2. The molecule has 0 radical (unpaired) electrons. The summed E-state index contributed by atoms with van der Waals surface area (Å²) in [5.41, 5.74) is 3.18. The number of carbonyl (C=O) groups is 1. The Balaban J connectivity index is 1.45. The van der Waals surface area contributed by atoms with Crippen molar-refractivity contribution in [3.8, 4) is 16.9 Å². The van der Waals surface area contributed by atoms with Crippen LogP contribution in [0.2, 0.25) is 0 Å². The number of amides is 1. The van der Waals surface area contributed by atoms with Crippen molar-refractivity contribution in [1.82, 2.24) is 0 Å². The zero-order valence-electron chi connectivity index (χ0n) is 21.5. The standard InChI is InChI=1S/C31H29FNO6P/c32-24-12-6-21(7-13-24)28(34)17-11-23-19-30(36)33(25-4-2-1-3-5-25)31(23)27-16-10-22(18-29(27)35)20-8-14-26(15-9-20)40(37,38)39/h1-10,12-16,18,23,28,31,34-35H,11,17,19H2,(H2,37,38,39)/t23-,28-,31-/m0/s1. The number of para-hydroxylation sites is 1. The maximum Gasteiger partial charge on any atom is 0.356 e. The van der Waals surface area contributed by atoms with Crippen molar-refractivity contribution in [2.75, 3.05) is 4.90 Å². The topological polar surface area (TPSA) is 118 Å². The zero-order valence-corrected chi connectivity index (χ0v) is 22.4. The van der Waals surface area contributed by atoms with Gasteiger partial charge in [-0.1, -0.05) is 54.6 Å². The minimum absolute atomic E-state index is 0.0127. The lowest BCUT2D eigenvalue weighted by Gasteiger charge is -2.30. The monoisotopic (exact) mass is 561 g/mol. The number of carbonyl (C=O) groups excluding carboxylic acids is 1. The molecule has 1 saturated heterocycles. The smallest absolute Gasteiger partial charge is 0.356 e. The quantitative estimate of drug-likeness (QED) is 0.208. The fourth-order valence-corrected chi connectivity index (χ4v) is 5.93. The second kappa shape index (κ2) is 11.4. The molecule has 1 aliphatic heterocycles. The number of phenols is 1. The maximum atomic E-state index is 13.3. The van der Waals surface area contributed by atoms with Gasteiger partial charge in [0.1, 0.15) is 11.6 Å². The normalized spacial score (nSPS) is 18.2. The maximum absolute atomic E-state index is 13.3. The Morgan fingerprint density at radius 1 is 0.900 bits per heavy atom. The van der Waals surface area contributed by atoms with Gasteiger partial charge in [-0.2, -0.15) is 0 Å². The summed E-state index contributed by atoms with van der Waals surface area (Å²) >= 11 is 0. The summed E-state index contributed by atoms with van der Waals surface area (Å²) in [6.45, 7) is 0. The number of halogens is 1. The van der Waals surface area contributed by atoms with Crippen LogP contribution in [0, 0.1) is 11.7 Å². The van der Waals surface area contributed by atoms with Crippen LogP contribution in [0.25, 0.3) is 11.1 Å². The second-order valence-corrected chi connectivity index (χ2v) is 11.6. The SMILES string of the molecule is O=C1C[C@H](CC[C@H](O)c2ccc(F)cc2)[C@@H](c2ccc(-c3ccc(P(=O)(O)O)cc3)cc2O)N1c1ccccc1. The van der Waals surface area contributed by atoms with Crippen molar-refractivity contribution >= 4 is 24.5 Å². The van der Waals surface area contributed by atoms with Gasteiger partial charge in [0.15, 0.2) is 0 Å². The van der Waals surface area contributed by atoms with Crippen molar-refractivity contribution in [3.05, 3.63) is 114 Å². The fraction of sp³-hybridized carbons (Fsp3) is 0.194. The van der Waals surface area contributed by atoms with E-state index in [9.17, 15) is 33.7 Å². The van der Waals surface area contributed by atoms with E-state index < -0.39 is 19.7 Å². The van der Waals surface area contributed by atoms with Gasteiger partial charge in [0.05, 0.1) is 17.5 Å². The molecule has 1 aliphatic rings. The van der Waals surface area contributed by atoms with Gasteiger partial charge >= 0.3 is 7.60 Å². The highest BCUT2D eigenvalue weighted by Crippen LogP contribution is 2.47. The molecule has 0 spiro atoms. The molecule has 1 amide bonds. The van der Waals surface area contributed by atoms with Crippen molar-refractivity contribution in [3.63, 3.8) is 0 Å². The number of aromatic hydroxyl groups is 1. The molecule has 0 aliphatic carbocycles. The van der Waals surface area contributed by atoms with E-state index in [1.165, 1.54) is 24.3 Å². The van der Waals surface area contributed by atoms with Gasteiger partial charge in [-0.3, -0.25) is 9.36 Å². The van der Waals surface area contributed by atoms with Gasteiger partial charge in [-0.15, -0.1) is 0 Å². The van der Waals surface area contributed by atoms with E-state index in [0.717, 1.165) is 0 Å². The van der Waals surface area contributed by atoms with Crippen LogP contribution in [0.5, 0.6) is 5.75 Å². The van der Waals surface area contributed by atoms with Crippen molar-refractivity contribution in [2.45, 2.75) is 31.4 Å². The summed E-state index contributed by atoms with van der Waals surface area (Å²) in [5.74, 6) is -0.690. The third-order valence-corrected chi connectivity index (χ3v) is 8.39. The van der Waals surface area contributed by atoms with E-state index in [-0.39, 0.29) is 35.1 Å². The van der Waals surface area contributed by atoms with E-state index >= 15 is 0 Å². The minimum Gasteiger partial charge on any atom is -0.508 e. The molecule has 4 N–H and O–H groups in total. The highest BCUT2D eigenvalue weighted by molar-refractivity contribution is 7.60. The predicted octanol–water partition coefficient (Wildman–Crippen LogP) is 5.61. The van der Waals surface area contributed by atoms with Gasteiger partial charge in [0.2, 0.25) is 5.91 Å². The van der Waals surface area contributed by atoms with E-state index in [2.05, 4.69) is 0 Å². The van der Waals surface area contributed by atoms with Crippen LogP contribution in [-0.4, -0.2) is 25.9 Å². The average Bonchev–Trinajstić information content (AvgIpc) is 3.27. The molecular formula is C31H29FNO6P. The summed E-state index contributed by atoms with van der Waals surface area (Å²) in [5, 5.41) is 21.9. The first-order valence-corrected chi connectivity index (χ1v) is 14.5. The fourth-order valence-electron chi connectivity index (χ4n) is 5.39. The molecule has 4 aromatic carbocycles. The molecule has 1 fully saturated rings. The first kappa shape index (κ1) is 27.7. The number of hydrogen-bond donors (Lipinski definition) is 4. The molecule has 0 aromatic heterocycles. The minimum atomic E-state index is -4.37. The summed E-state index contributed by atoms with van der Waals surface area (Å²) in [6, 6.07) is 25.5. The molecule has 40 heavy (non-hydrogen) atoms. The van der Waals surface area contributed by atoms with Crippen molar-refractivity contribution < 1.29 is 33.7 Å². The summed E-state index contributed by atoms with van der Waals surface area (Å²) < 4.78 is 24.8. The number of anilines is 1. The molecule has 0 unspecified atom stereocenters. The molecule has 0 bridgehead atoms. The first-order valence-electron chi connectivity index (χ1n) is 12.9. The number of phenolic OH excluding ortho intramolecular Hbond substituents is 1. The molecule has 5 rings (SSSR count). The van der Waals surface area contributed by atoms with E-state index in [0.29, 0.717) is 40.8 Å². The number of hydrogen-bond acceptors (Lipinski definition) is 4. The van der Waals surface area contributed by atoms with E-state index in [4.69, 9.17) is 0 Å². The van der Waals surface area contributed by atoms with Gasteiger partial charge in [-0.25, -0.2) is 4.39 Å². The number of rotatable bonds is 8. The Bertz CT molecular complexity index is 1540. The third kappa shape index (κ3) is 5.86. The Labute approximate surface area is 231 Å². The van der Waals surface area contributed by atoms with Crippen molar-refractivity contribution in [1.29, 1.82) is 0 Å². The number of aliphatic hydroxyl groups excluding tert-OH is 1. The summed E-state index contributed by atoms with van der Waals surface area (Å²) in [4.78, 5) is 33.8.